The van der Waals surface area contributed by atoms with E-state index in [0.29, 0.717) is 0 Å². The van der Waals surface area contributed by atoms with Gasteiger partial charge in [0.1, 0.15) is 0 Å². The van der Waals surface area contributed by atoms with Gasteiger partial charge in [0.15, 0.2) is 0 Å². The van der Waals surface area contributed by atoms with Crippen molar-refractivity contribution < 1.29 is 4.74 Å². The molecule has 0 N–H and O–H groups in total. The lowest BCUT2D eigenvalue weighted by atomic mass is 9.78. The van der Waals surface area contributed by atoms with Gasteiger partial charge >= 0.3 is 0 Å². The van der Waals surface area contributed by atoms with Crippen LogP contribution in [0.2, 0.25) is 0 Å². The lowest BCUT2D eigenvalue weighted by Crippen LogP contribution is -2.46. The molecule has 0 amide bonds. The van der Waals surface area contributed by atoms with Crippen LogP contribution < -0.4 is 0 Å². The molecule has 1 aliphatic heterocycles. The third-order valence-electron chi connectivity index (χ3n) is 4.13. The molecule has 2 aliphatic rings. The maximum absolute atomic E-state index is 5.40. The van der Waals surface area contributed by atoms with Crippen molar-refractivity contribution in [2.24, 2.45) is 11.8 Å². The van der Waals surface area contributed by atoms with Gasteiger partial charge in [-0.05, 0) is 31.1 Å². The number of hydrogen-bond donors (Lipinski definition) is 0. The van der Waals surface area contributed by atoms with E-state index in [4.69, 9.17) is 4.74 Å². The molecule has 0 spiro atoms. The van der Waals surface area contributed by atoms with Gasteiger partial charge in [0.05, 0.1) is 13.2 Å². The molecule has 0 aromatic rings. The van der Waals surface area contributed by atoms with Crippen LogP contribution in [0.15, 0.2) is 0 Å². The summed E-state index contributed by atoms with van der Waals surface area (Å²) in [5.74, 6) is 1.85. The molecule has 0 aromatic carbocycles. The molecule has 2 fully saturated rings. The molecule has 82 valence electrons. The van der Waals surface area contributed by atoms with Gasteiger partial charge in [0.25, 0.3) is 0 Å². The minimum absolute atomic E-state index is 0.852. The van der Waals surface area contributed by atoms with Crippen molar-refractivity contribution in [1.82, 2.24) is 4.90 Å². The van der Waals surface area contributed by atoms with E-state index in [1.807, 2.05) is 0 Å². The van der Waals surface area contributed by atoms with Crippen LogP contribution in [0, 0.1) is 11.8 Å². The fraction of sp³-hybridized carbons (Fsp3) is 1.00. The van der Waals surface area contributed by atoms with E-state index >= 15 is 0 Å². The molecule has 2 heteroatoms. The summed E-state index contributed by atoms with van der Waals surface area (Å²) in [6, 6.07) is 0.852. The average molecular weight is 197 g/mol. The van der Waals surface area contributed by atoms with E-state index in [-0.39, 0.29) is 0 Å². The number of hydrogen-bond acceptors (Lipinski definition) is 2. The summed E-state index contributed by atoms with van der Waals surface area (Å²) in [6.45, 7) is 9.02. The maximum atomic E-state index is 5.40. The smallest absolute Gasteiger partial charge is 0.0594 e. The number of rotatable bonds is 1. The van der Waals surface area contributed by atoms with Gasteiger partial charge in [-0.1, -0.05) is 13.8 Å². The predicted molar refractivity (Wildman–Crippen MR) is 58.4 cm³/mol. The molecule has 0 bridgehead atoms. The molecule has 3 atom stereocenters. The number of morpholine rings is 1. The first kappa shape index (κ1) is 10.4. The molecule has 3 unspecified atom stereocenters. The first-order valence-corrected chi connectivity index (χ1v) is 6.09. The highest BCUT2D eigenvalue weighted by Crippen LogP contribution is 2.32. The highest BCUT2D eigenvalue weighted by atomic mass is 16.5. The van der Waals surface area contributed by atoms with E-state index in [1.54, 1.807) is 0 Å². The molecule has 1 saturated heterocycles. The largest absolute Gasteiger partial charge is 0.379 e. The molecule has 1 heterocycles. The monoisotopic (exact) mass is 197 g/mol. The molecule has 1 aliphatic carbocycles. The third kappa shape index (κ3) is 2.29. The molecule has 0 radical (unpaired) electrons. The van der Waals surface area contributed by atoms with Crippen molar-refractivity contribution in [1.29, 1.82) is 0 Å². The van der Waals surface area contributed by atoms with E-state index in [1.165, 1.54) is 19.3 Å². The van der Waals surface area contributed by atoms with Crippen molar-refractivity contribution >= 4 is 0 Å². The second-order valence-corrected chi connectivity index (χ2v) is 5.07. The van der Waals surface area contributed by atoms with Crippen LogP contribution in [0.1, 0.15) is 33.1 Å². The maximum Gasteiger partial charge on any atom is 0.0594 e. The van der Waals surface area contributed by atoms with Crippen LogP contribution in [0.4, 0.5) is 0 Å². The fourth-order valence-electron chi connectivity index (χ4n) is 2.79. The summed E-state index contributed by atoms with van der Waals surface area (Å²) in [7, 11) is 0. The van der Waals surface area contributed by atoms with E-state index < -0.39 is 0 Å². The zero-order valence-electron chi connectivity index (χ0n) is 9.54. The van der Waals surface area contributed by atoms with Gasteiger partial charge in [0, 0.05) is 19.1 Å². The highest BCUT2D eigenvalue weighted by Gasteiger charge is 2.29. The standard InChI is InChI=1S/C12H23NO/c1-10-3-4-12(9-11(10)2)13-5-7-14-8-6-13/h10-12H,3-9H2,1-2H3. The van der Waals surface area contributed by atoms with Gasteiger partial charge in [-0.3, -0.25) is 4.90 Å². The summed E-state index contributed by atoms with van der Waals surface area (Å²) < 4.78 is 5.40. The zero-order chi connectivity index (χ0) is 9.97. The second-order valence-electron chi connectivity index (χ2n) is 5.07. The second kappa shape index (κ2) is 4.63. The molecule has 2 rings (SSSR count). The number of nitrogens with zero attached hydrogens (tertiary/aromatic N) is 1. The molecule has 14 heavy (non-hydrogen) atoms. The van der Waals surface area contributed by atoms with E-state index in [0.717, 1.165) is 44.2 Å². The summed E-state index contributed by atoms with van der Waals surface area (Å²) >= 11 is 0. The van der Waals surface area contributed by atoms with Crippen LogP contribution in [0.5, 0.6) is 0 Å². The summed E-state index contributed by atoms with van der Waals surface area (Å²) in [4.78, 5) is 2.64. The summed E-state index contributed by atoms with van der Waals surface area (Å²) in [6.07, 6.45) is 4.23. The van der Waals surface area contributed by atoms with Crippen LogP contribution in [-0.2, 0) is 4.74 Å². The Hall–Kier alpha value is -0.0800. The Balaban J connectivity index is 1.85. The first-order valence-electron chi connectivity index (χ1n) is 6.09. The Kier molecular flexibility index (Phi) is 3.45. The average Bonchev–Trinajstić information content (AvgIpc) is 2.23. The minimum Gasteiger partial charge on any atom is -0.379 e. The number of ether oxygens (including phenoxy) is 1. The quantitative estimate of drug-likeness (QED) is 0.638. The van der Waals surface area contributed by atoms with Crippen molar-refractivity contribution in [3.05, 3.63) is 0 Å². The van der Waals surface area contributed by atoms with Crippen LogP contribution in [0.25, 0.3) is 0 Å². The Bertz CT molecular complexity index is 177. The van der Waals surface area contributed by atoms with Gasteiger partial charge in [0.2, 0.25) is 0 Å². The Morgan fingerprint density at radius 2 is 1.71 bits per heavy atom. The fourth-order valence-corrected chi connectivity index (χ4v) is 2.79. The topological polar surface area (TPSA) is 12.5 Å². The molecular formula is C12H23NO. The van der Waals surface area contributed by atoms with Crippen LogP contribution in [0.3, 0.4) is 0 Å². The lowest BCUT2D eigenvalue weighted by molar-refractivity contribution is -0.00127. The van der Waals surface area contributed by atoms with Gasteiger partial charge in [-0.2, -0.15) is 0 Å². The van der Waals surface area contributed by atoms with Crippen molar-refractivity contribution in [2.45, 2.75) is 39.2 Å². The Labute approximate surface area is 87.6 Å². The first-order chi connectivity index (χ1) is 6.77. The third-order valence-corrected chi connectivity index (χ3v) is 4.13. The lowest BCUT2D eigenvalue weighted by Gasteiger charge is -2.40. The normalized spacial score (nSPS) is 41.1. The molecule has 2 nitrogen and oxygen atoms in total. The predicted octanol–water partition coefficient (Wildman–Crippen LogP) is 2.14. The van der Waals surface area contributed by atoms with Crippen molar-refractivity contribution in [2.75, 3.05) is 26.3 Å². The Morgan fingerprint density at radius 1 is 1.00 bits per heavy atom. The van der Waals surface area contributed by atoms with Crippen molar-refractivity contribution in [3.63, 3.8) is 0 Å². The van der Waals surface area contributed by atoms with Gasteiger partial charge < -0.3 is 4.74 Å². The van der Waals surface area contributed by atoms with Crippen LogP contribution in [-0.4, -0.2) is 37.2 Å². The van der Waals surface area contributed by atoms with Gasteiger partial charge in [-0.25, -0.2) is 0 Å². The van der Waals surface area contributed by atoms with E-state index in [2.05, 4.69) is 18.7 Å². The van der Waals surface area contributed by atoms with Crippen LogP contribution >= 0.6 is 0 Å². The molecule has 0 aromatic heterocycles. The summed E-state index contributed by atoms with van der Waals surface area (Å²) in [5.41, 5.74) is 0. The Morgan fingerprint density at radius 3 is 2.36 bits per heavy atom. The van der Waals surface area contributed by atoms with E-state index in [9.17, 15) is 0 Å². The summed E-state index contributed by atoms with van der Waals surface area (Å²) in [5, 5.41) is 0. The molecule has 1 saturated carbocycles. The molecular weight excluding hydrogens is 174 g/mol. The minimum atomic E-state index is 0.852. The van der Waals surface area contributed by atoms with Crippen molar-refractivity contribution in [3.8, 4) is 0 Å². The van der Waals surface area contributed by atoms with Gasteiger partial charge in [-0.15, -0.1) is 0 Å². The highest BCUT2D eigenvalue weighted by molar-refractivity contribution is 4.82. The zero-order valence-corrected chi connectivity index (χ0v) is 9.54. The SMILES string of the molecule is CC1CCC(N2CCOCC2)CC1C.